The van der Waals surface area contributed by atoms with Gasteiger partial charge in [-0.3, -0.25) is 24.5 Å². The molecule has 0 N–H and O–H groups in total. The van der Waals surface area contributed by atoms with Gasteiger partial charge in [-0.25, -0.2) is 0 Å². The van der Waals surface area contributed by atoms with Crippen LogP contribution in [-0.2, 0) is 14.3 Å². The summed E-state index contributed by atoms with van der Waals surface area (Å²) in [4.78, 5) is 48.4. The maximum Gasteiger partial charge on any atom is 0.311 e. The molecule has 0 unspecified atom stereocenters. The van der Waals surface area contributed by atoms with Crippen molar-refractivity contribution in [2.45, 2.75) is 13.3 Å². The third-order valence-corrected chi connectivity index (χ3v) is 4.66. The molecule has 1 aliphatic heterocycles. The molecule has 2 aromatic carbocycles. The van der Waals surface area contributed by atoms with Crippen molar-refractivity contribution in [3.05, 3.63) is 64.2 Å². The Labute approximate surface area is 172 Å². The predicted molar refractivity (Wildman–Crippen MR) is 106 cm³/mol. The first-order valence-corrected chi connectivity index (χ1v) is 9.36. The summed E-state index contributed by atoms with van der Waals surface area (Å²) in [5.41, 5.74) is 0.718. The van der Waals surface area contributed by atoms with Gasteiger partial charge in [0.15, 0.2) is 12.4 Å². The SMILES string of the molecule is CCOc1ccc(N2C[C@H](C(=O)OCC(=O)c3ccc([N+](=O)[O-])cc3)CC2=O)cc1. The first-order chi connectivity index (χ1) is 14.4. The minimum absolute atomic E-state index is 0.00222. The number of ketones is 1. The topological polar surface area (TPSA) is 116 Å². The van der Waals surface area contributed by atoms with Crippen LogP contribution in [0.25, 0.3) is 0 Å². The quantitative estimate of drug-likeness (QED) is 0.283. The van der Waals surface area contributed by atoms with Crippen LogP contribution in [0.1, 0.15) is 23.7 Å². The summed E-state index contributed by atoms with van der Waals surface area (Å²) in [6, 6.07) is 12.0. The second kappa shape index (κ2) is 9.17. The minimum Gasteiger partial charge on any atom is -0.494 e. The van der Waals surface area contributed by atoms with Crippen LogP contribution in [0.2, 0.25) is 0 Å². The first kappa shape index (κ1) is 21.0. The van der Waals surface area contributed by atoms with Crippen LogP contribution in [0.5, 0.6) is 5.75 Å². The zero-order chi connectivity index (χ0) is 21.7. The molecule has 3 rings (SSSR count). The lowest BCUT2D eigenvalue weighted by Crippen LogP contribution is -2.27. The van der Waals surface area contributed by atoms with Crippen LogP contribution in [0.3, 0.4) is 0 Å². The zero-order valence-electron chi connectivity index (χ0n) is 16.3. The van der Waals surface area contributed by atoms with Crippen molar-refractivity contribution in [2.24, 2.45) is 5.92 Å². The van der Waals surface area contributed by atoms with Crippen molar-refractivity contribution in [3.63, 3.8) is 0 Å². The molecule has 30 heavy (non-hydrogen) atoms. The van der Waals surface area contributed by atoms with Gasteiger partial charge in [-0.2, -0.15) is 0 Å². The number of carbonyl (C=O) groups is 3. The van der Waals surface area contributed by atoms with Crippen LogP contribution in [0.15, 0.2) is 48.5 Å². The number of hydrogen-bond acceptors (Lipinski definition) is 7. The summed E-state index contributed by atoms with van der Waals surface area (Å²) in [5.74, 6) is -1.30. The lowest BCUT2D eigenvalue weighted by atomic mass is 10.1. The number of ether oxygens (including phenoxy) is 2. The van der Waals surface area contributed by atoms with Crippen molar-refractivity contribution in [1.82, 2.24) is 0 Å². The number of nitro groups is 1. The fraction of sp³-hybridized carbons (Fsp3) is 0.286. The summed E-state index contributed by atoms with van der Waals surface area (Å²) >= 11 is 0. The van der Waals surface area contributed by atoms with Gasteiger partial charge in [-0.15, -0.1) is 0 Å². The largest absolute Gasteiger partial charge is 0.494 e. The molecule has 0 radical (unpaired) electrons. The maximum absolute atomic E-state index is 12.3. The lowest BCUT2D eigenvalue weighted by molar-refractivity contribution is -0.384. The fourth-order valence-electron chi connectivity index (χ4n) is 3.11. The number of carbonyl (C=O) groups excluding carboxylic acids is 3. The summed E-state index contributed by atoms with van der Waals surface area (Å²) < 4.78 is 10.5. The minimum atomic E-state index is -0.672. The van der Waals surface area contributed by atoms with E-state index in [0.717, 1.165) is 0 Å². The summed E-state index contributed by atoms with van der Waals surface area (Å²) in [7, 11) is 0. The first-order valence-electron chi connectivity index (χ1n) is 9.36. The Morgan fingerprint density at radius 3 is 2.40 bits per heavy atom. The standard InChI is InChI=1S/C21H20N2O7/c1-2-29-18-9-7-16(8-10-18)22-12-15(11-20(22)25)21(26)30-13-19(24)14-3-5-17(6-4-14)23(27)28/h3-10,15H,2,11-13H2,1H3/t15-/m1/s1. The molecular formula is C21H20N2O7. The molecule has 2 aromatic rings. The Balaban J connectivity index is 1.55. The molecule has 1 aliphatic rings. The third kappa shape index (κ3) is 4.80. The van der Waals surface area contributed by atoms with Gasteiger partial charge in [-0.1, -0.05) is 0 Å². The third-order valence-electron chi connectivity index (χ3n) is 4.66. The number of amides is 1. The average Bonchev–Trinajstić information content (AvgIpc) is 3.14. The van der Waals surface area contributed by atoms with Gasteiger partial charge in [0, 0.05) is 36.3 Å². The second-order valence-corrected chi connectivity index (χ2v) is 6.67. The Morgan fingerprint density at radius 1 is 1.13 bits per heavy atom. The van der Waals surface area contributed by atoms with Crippen molar-refractivity contribution < 1.29 is 28.8 Å². The van der Waals surface area contributed by atoms with Crippen LogP contribution in [0, 0.1) is 16.0 Å². The Hall–Kier alpha value is -3.75. The van der Waals surface area contributed by atoms with Gasteiger partial charge in [0.05, 0.1) is 17.4 Å². The molecule has 0 aliphatic carbocycles. The van der Waals surface area contributed by atoms with E-state index in [4.69, 9.17) is 9.47 Å². The van der Waals surface area contributed by atoms with Gasteiger partial charge in [0.25, 0.3) is 5.69 Å². The maximum atomic E-state index is 12.3. The molecule has 1 heterocycles. The van der Waals surface area contributed by atoms with Crippen molar-refractivity contribution in [2.75, 3.05) is 24.7 Å². The summed E-state index contributed by atoms with van der Waals surface area (Å²) in [5, 5.41) is 10.7. The lowest BCUT2D eigenvalue weighted by Gasteiger charge is -2.17. The number of esters is 1. The molecule has 0 spiro atoms. The highest BCUT2D eigenvalue weighted by atomic mass is 16.6. The normalized spacial score (nSPS) is 15.7. The Bertz CT molecular complexity index is 954. The highest BCUT2D eigenvalue weighted by molar-refractivity contribution is 6.01. The van der Waals surface area contributed by atoms with Crippen molar-refractivity contribution >= 4 is 29.0 Å². The van der Waals surface area contributed by atoms with E-state index < -0.39 is 29.2 Å². The predicted octanol–water partition coefficient (Wildman–Crippen LogP) is 2.77. The van der Waals surface area contributed by atoms with E-state index >= 15 is 0 Å². The van der Waals surface area contributed by atoms with Crippen molar-refractivity contribution in [3.8, 4) is 5.75 Å². The number of nitro benzene ring substituents is 1. The number of nitrogens with zero attached hydrogens (tertiary/aromatic N) is 2. The molecule has 1 fully saturated rings. The van der Waals surface area contributed by atoms with Crippen LogP contribution in [-0.4, -0.2) is 42.3 Å². The fourth-order valence-corrected chi connectivity index (χ4v) is 3.11. The van der Waals surface area contributed by atoms with E-state index in [1.54, 1.807) is 24.3 Å². The number of rotatable bonds is 8. The van der Waals surface area contributed by atoms with Gasteiger partial charge < -0.3 is 14.4 Å². The highest BCUT2D eigenvalue weighted by Crippen LogP contribution is 2.27. The number of benzene rings is 2. The molecule has 0 saturated carbocycles. The smallest absolute Gasteiger partial charge is 0.311 e. The average molecular weight is 412 g/mol. The van der Waals surface area contributed by atoms with Crippen LogP contribution in [0.4, 0.5) is 11.4 Å². The van der Waals surface area contributed by atoms with E-state index in [-0.39, 0.29) is 30.1 Å². The monoisotopic (exact) mass is 412 g/mol. The van der Waals surface area contributed by atoms with E-state index in [1.165, 1.54) is 29.2 Å². The number of non-ortho nitro benzene ring substituents is 1. The van der Waals surface area contributed by atoms with E-state index in [2.05, 4.69) is 0 Å². The van der Waals surface area contributed by atoms with Crippen LogP contribution >= 0.6 is 0 Å². The van der Waals surface area contributed by atoms with Gasteiger partial charge >= 0.3 is 5.97 Å². The molecule has 9 nitrogen and oxygen atoms in total. The molecule has 1 atom stereocenters. The van der Waals surface area contributed by atoms with Crippen LogP contribution < -0.4 is 9.64 Å². The van der Waals surface area contributed by atoms with E-state index in [1.807, 2.05) is 6.92 Å². The molecule has 1 saturated heterocycles. The molecule has 9 heteroatoms. The summed E-state index contributed by atoms with van der Waals surface area (Å²) in [6.45, 7) is 2.08. The molecule has 0 bridgehead atoms. The second-order valence-electron chi connectivity index (χ2n) is 6.67. The van der Waals surface area contributed by atoms with Gasteiger partial charge in [0.1, 0.15) is 5.75 Å². The Morgan fingerprint density at radius 2 is 1.80 bits per heavy atom. The van der Waals surface area contributed by atoms with Crippen molar-refractivity contribution in [1.29, 1.82) is 0 Å². The number of Topliss-reactive ketones (excluding diaryl/α,β-unsaturated/α-hetero) is 1. The van der Waals surface area contributed by atoms with Gasteiger partial charge in [0.2, 0.25) is 5.91 Å². The number of hydrogen-bond donors (Lipinski definition) is 0. The zero-order valence-corrected chi connectivity index (χ0v) is 16.3. The molecular weight excluding hydrogens is 392 g/mol. The number of anilines is 1. The molecule has 1 amide bonds. The summed E-state index contributed by atoms with van der Waals surface area (Å²) in [6.07, 6.45) is -0.00222. The van der Waals surface area contributed by atoms with E-state index in [9.17, 15) is 24.5 Å². The molecule has 156 valence electrons. The van der Waals surface area contributed by atoms with E-state index in [0.29, 0.717) is 18.0 Å². The molecule has 0 aromatic heterocycles. The Kier molecular flexibility index (Phi) is 6.41. The highest BCUT2D eigenvalue weighted by Gasteiger charge is 2.36. The van der Waals surface area contributed by atoms with Gasteiger partial charge in [-0.05, 0) is 43.3 Å².